The number of hydrogen-bond acceptors (Lipinski definition) is 2. The SMILES string of the molecule is O=S(=O)(CC[S])c1cccc2ccccc12. The molecule has 2 aromatic carbocycles. The maximum Gasteiger partial charge on any atom is 0.179 e. The van der Waals surface area contributed by atoms with Crippen LogP contribution in [0.15, 0.2) is 47.4 Å². The quantitative estimate of drug-likeness (QED) is 0.840. The van der Waals surface area contributed by atoms with Crippen LogP contribution in [0, 0.1) is 0 Å². The monoisotopic (exact) mass is 251 g/mol. The highest BCUT2D eigenvalue weighted by atomic mass is 32.2. The molecule has 0 fully saturated rings. The minimum Gasteiger partial charge on any atom is -0.224 e. The molecule has 83 valence electrons. The second kappa shape index (κ2) is 4.47. The highest BCUT2D eigenvalue weighted by Gasteiger charge is 2.15. The molecule has 0 N–H and O–H groups in total. The van der Waals surface area contributed by atoms with Gasteiger partial charge in [-0.05, 0) is 11.5 Å². The number of hydrogen-bond donors (Lipinski definition) is 0. The van der Waals surface area contributed by atoms with Gasteiger partial charge in [0.2, 0.25) is 0 Å². The van der Waals surface area contributed by atoms with Crippen molar-refractivity contribution in [3.05, 3.63) is 42.5 Å². The standard InChI is InChI=1S/C12H11O2S2/c13-16(14,9-8-15)12-7-3-5-10-4-1-2-6-11(10)12/h1-7H,8-9H2. The van der Waals surface area contributed by atoms with Gasteiger partial charge in [-0.15, -0.1) is 0 Å². The lowest BCUT2D eigenvalue weighted by Crippen LogP contribution is -2.08. The third-order valence-corrected chi connectivity index (χ3v) is 4.67. The number of fused-ring (bicyclic) bond motifs is 1. The Labute approximate surface area is 101 Å². The van der Waals surface area contributed by atoms with Crippen LogP contribution in [-0.4, -0.2) is 19.9 Å². The van der Waals surface area contributed by atoms with Gasteiger partial charge in [0.05, 0.1) is 10.6 Å². The van der Waals surface area contributed by atoms with Crippen molar-refractivity contribution in [1.82, 2.24) is 0 Å². The first kappa shape index (κ1) is 11.5. The summed E-state index contributed by atoms with van der Waals surface area (Å²) in [6, 6.07) is 12.8. The first-order chi connectivity index (χ1) is 7.65. The van der Waals surface area contributed by atoms with Gasteiger partial charge < -0.3 is 0 Å². The minimum atomic E-state index is -3.24. The van der Waals surface area contributed by atoms with E-state index in [0.29, 0.717) is 4.90 Å². The fourth-order valence-corrected chi connectivity index (χ4v) is 3.59. The van der Waals surface area contributed by atoms with E-state index in [4.69, 9.17) is 12.6 Å². The van der Waals surface area contributed by atoms with E-state index >= 15 is 0 Å². The molecule has 2 nitrogen and oxygen atoms in total. The predicted molar refractivity (Wildman–Crippen MR) is 68.5 cm³/mol. The topological polar surface area (TPSA) is 34.1 Å². The van der Waals surface area contributed by atoms with Crippen molar-refractivity contribution in [3.8, 4) is 0 Å². The third kappa shape index (κ3) is 2.08. The zero-order chi connectivity index (χ0) is 11.6. The highest BCUT2D eigenvalue weighted by Crippen LogP contribution is 2.23. The molecule has 1 radical (unpaired) electrons. The molecule has 0 saturated heterocycles. The molecular weight excluding hydrogens is 240 g/mol. The summed E-state index contributed by atoms with van der Waals surface area (Å²) in [5.74, 6) is 0.252. The zero-order valence-corrected chi connectivity index (χ0v) is 10.2. The Balaban J connectivity index is 2.70. The van der Waals surface area contributed by atoms with Crippen LogP contribution in [0.5, 0.6) is 0 Å². The smallest absolute Gasteiger partial charge is 0.179 e. The van der Waals surface area contributed by atoms with Gasteiger partial charge in [-0.1, -0.05) is 49.0 Å². The van der Waals surface area contributed by atoms with E-state index in [-0.39, 0.29) is 11.5 Å². The fraction of sp³-hybridized carbons (Fsp3) is 0.167. The van der Waals surface area contributed by atoms with Crippen molar-refractivity contribution < 1.29 is 8.42 Å². The molecule has 2 rings (SSSR count). The molecule has 0 amide bonds. The molecule has 0 spiro atoms. The van der Waals surface area contributed by atoms with Crippen molar-refractivity contribution in [3.63, 3.8) is 0 Å². The molecule has 0 saturated carbocycles. The Morgan fingerprint density at radius 3 is 2.44 bits per heavy atom. The van der Waals surface area contributed by atoms with Gasteiger partial charge in [-0.3, -0.25) is 0 Å². The summed E-state index contributed by atoms with van der Waals surface area (Å²) >= 11 is 4.74. The first-order valence-electron chi connectivity index (χ1n) is 4.94. The molecule has 0 atom stereocenters. The lowest BCUT2D eigenvalue weighted by molar-refractivity contribution is 0.598. The molecule has 2 aromatic rings. The van der Waals surface area contributed by atoms with Gasteiger partial charge in [0.25, 0.3) is 0 Å². The van der Waals surface area contributed by atoms with Crippen molar-refractivity contribution in [1.29, 1.82) is 0 Å². The Kier molecular flexibility index (Phi) is 3.21. The molecule has 0 aliphatic heterocycles. The van der Waals surface area contributed by atoms with E-state index in [1.807, 2.05) is 30.3 Å². The first-order valence-corrected chi connectivity index (χ1v) is 7.17. The second-order valence-corrected chi connectivity index (χ2v) is 5.99. The van der Waals surface area contributed by atoms with Crippen LogP contribution in [0.2, 0.25) is 0 Å². The number of sulfone groups is 1. The minimum absolute atomic E-state index is 0.0241. The highest BCUT2D eigenvalue weighted by molar-refractivity contribution is 7.92. The molecule has 0 aliphatic carbocycles. The van der Waals surface area contributed by atoms with Crippen molar-refractivity contribution >= 4 is 33.2 Å². The van der Waals surface area contributed by atoms with E-state index in [2.05, 4.69) is 0 Å². The van der Waals surface area contributed by atoms with Gasteiger partial charge in [-0.25, -0.2) is 8.42 Å². The Bertz CT molecular complexity index is 598. The van der Waals surface area contributed by atoms with Gasteiger partial charge in [0.1, 0.15) is 0 Å². The second-order valence-electron chi connectivity index (χ2n) is 3.50. The largest absolute Gasteiger partial charge is 0.224 e. The Morgan fingerprint density at radius 1 is 1.00 bits per heavy atom. The Hall–Kier alpha value is -1.00. The van der Waals surface area contributed by atoms with Crippen LogP contribution in [-0.2, 0) is 9.84 Å². The lowest BCUT2D eigenvalue weighted by atomic mass is 10.1. The summed E-state index contributed by atoms with van der Waals surface area (Å²) in [6.07, 6.45) is 0. The summed E-state index contributed by atoms with van der Waals surface area (Å²) in [5, 5.41) is 1.71. The molecule has 0 bridgehead atoms. The fourth-order valence-electron chi connectivity index (χ4n) is 1.69. The van der Waals surface area contributed by atoms with Crippen LogP contribution in [0.1, 0.15) is 0 Å². The third-order valence-electron chi connectivity index (χ3n) is 2.44. The van der Waals surface area contributed by atoms with Gasteiger partial charge in [0, 0.05) is 11.1 Å². The van der Waals surface area contributed by atoms with E-state index in [1.165, 1.54) is 0 Å². The zero-order valence-electron chi connectivity index (χ0n) is 8.59. The van der Waals surface area contributed by atoms with Crippen LogP contribution in [0.25, 0.3) is 10.8 Å². The number of benzene rings is 2. The average Bonchev–Trinajstić information content (AvgIpc) is 2.28. The Morgan fingerprint density at radius 2 is 1.69 bits per heavy atom. The average molecular weight is 251 g/mol. The summed E-state index contributed by atoms with van der Waals surface area (Å²) < 4.78 is 24.0. The molecule has 0 heterocycles. The molecule has 0 aliphatic rings. The summed E-state index contributed by atoms with van der Waals surface area (Å²) in [6.45, 7) is 0. The maximum atomic E-state index is 12.0. The van der Waals surface area contributed by atoms with E-state index in [9.17, 15) is 8.42 Å². The van der Waals surface area contributed by atoms with Gasteiger partial charge >= 0.3 is 0 Å². The van der Waals surface area contributed by atoms with Gasteiger partial charge in [0.15, 0.2) is 9.84 Å². The molecule has 16 heavy (non-hydrogen) atoms. The summed E-state index contributed by atoms with van der Waals surface area (Å²) in [4.78, 5) is 0.385. The van der Waals surface area contributed by atoms with Crippen LogP contribution >= 0.6 is 12.6 Å². The van der Waals surface area contributed by atoms with Crippen LogP contribution in [0.3, 0.4) is 0 Å². The maximum absolute atomic E-state index is 12.0. The van der Waals surface area contributed by atoms with Crippen molar-refractivity contribution in [2.24, 2.45) is 0 Å². The predicted octanol–water partition coefficient (Wildman–Crippen LogP) is 2.81. The molecule has 0 aromatic heterocycles. The normalized spacial score (nSPS) is 11.8. The number of rotatable bonds is 3. The van der Waals surface area contributed by atoms with E-state index in [1.54, 1.807) is 12.1 Å². The van der Waals surface area contributed by atoms with Crippen LogP contribution in [0.4, 0.5) is 0 Å². The molecular formula is C12H11O2S2. The molecule has 4 heteroatoms. The van der Waals surface area contributed by atoms with Gasteiger partial charge in [-0.2, -0.15) is 0 Å². The van der Waals surface area contributed by atoms with Crippen molar-refractivity contribution in [2.45, 2.75) is 4.90 Å². The molecule has 0 unspecified atom stereocenters. The van der Waals surface area contributed by atoms with E-state index in [0.717, 1.165) is 10.8 Å². The summed E-state index contributed by atoms with van der Waals surface area (Å²) in [7, 11) is -3.24. The lowest BCUT2D eigenvalue weighted by Gasteiger charge is -2.06. The van der Waals surface area contributed by atoms with Crippen molar-refractivity contribution in [2.75, 3.05) is 11.5 Å². The summed E-state index contributed by atoms with van der Waals surface area (Å²) in [5.41, 5.74) is 0. The van der Waals surface area contributed by atoms with Crippen LogP contribution < -0.4 is 0 Å². The van der Waals surface area contributed by atoms with E-state index < -0.39 is 9.84 Å².